The number of nitrogens with zero attached hydrogens (tertiary/aromatic N) is 3. The normalized spacial score (nSPS) is 10.3. The van der Waals surface area contributed by atoms with Crippen LogP contribution in [0.5, 0.6) is 0 Å². The molecule has 1 aromatic heterocycles. The Morgan fingerprint density at radius 1 is 1.56 bits per heavy atom. The number of halogens is 1. The molecule has 0 saturated carbocycles. The molecule has 1 heterocycles. The van der Waals surface area contributed by atoms with Crippen LogP contribution in [-0.2, 0) is 0 Å². The van der Waals surface area contributed by atoms with Crippen LogP contribution in [-0.4, -0.2) is 20.5 Å². The van der Waals surface area contributed by atoms with Gasteiger partial charge in [-0.15, -0.1) is 0 Å². The molecule has 0 aliphatic rings. The zero-order chi connectivity index (χ0) is 13.3. The fourth-order valence-electron chi connectivity index (χ4n) is 1.40. The largest absolute Gasteiger partial charge is 0.384 e. The molecule has 0 unspecified atom stereocenters. The molecule has 7 nitrogen and oxygen atoms in total. The Bertz CT molecular complexity index is 637. The fourth-order valence-corrected chi connectivity index (χ4v) is 1.67. The number of nitrogens with one attached hydrogen (secondary N) is 1. The highest BCUT2D eigenvalue weighted by atomic mass is 35.5. The number of nitro groups is 1. The molecule has 0 spiro atoms. The Kier molecular flexibility index (Phi) is 2.99. The first kappa shape index (κ1) is 12.1. The van der Waals surface area contributed by atoms with Gasteiger partial charge in [-0.25, -0.2) is 4.68 Å². The van der Waals surface area contributed by atoms with Gasteiger partial charge in [-0.3, -0.25) is 15.5 Å². The van der Waals surface area contributed by atoms with Crippen LogP contribution in [0.2, 0.25) is 5.02 Å². The molecule has 0 atom stereocenters. The van der Waals surface area contributed by atoms with E-state index in [9.17, 15) is 10.1 Å². The van der Waals surface area contributed by atoms with Gasteiger partial charge in [0.25, 0.3) is 0 Å². The van der Waals surface area contributed by atoms with Crippen molar-refractivity contribution in [1.82, 2.24) is 9.78 Å². The van der Waals surface area contributed by atoms with E-state index >= 15 is 0 Å². The van der Waals surface area contributed by atoms with Crippen molar-refractivity contribution in [3.63, 3.8) is 0 Å². The van der Waals surface area contributed by atoms with Crippen molar-refractivity contribution in [2.45, 2.75) is 0 Å². The summed E-state index contributed by atoms with van der Waals surface area (Å²) in [6.45, 7) is 0. The number of amidine groups is 1. The summed E-state index contributed by atoms with van der Waals surface area (Å²) < 4.78 is 1.30. The highest BCUT2D eigenvalue weighted by Gasteiger charge is 2.12. The molecular formula is C10H8ClN5O2. The third kappa shape index (κ3) is 2.16. The minimum absolute atomic E-state index is 0.102. The lowest BCUT2D eigenvalue weighted by Gasteiger charge is -2.05. The van der Waals surface area contributed by atoms with E-state index in [0.29, 0.717) is 16.3 Å². The number of hydrogen-bond donors (Lipinski definition) is 2. The smallest absolute Gasteiger partial charge is 0.307 e. The van der Waals surface area contributed by atoms with Crippen LogP contribution < -0.4 is 5.73 Å². The van der Waals surface area contributed by atoms with Gasteiger partial charge in [0.15, 0.2) is 0 Å². The average molecular weight is 266 g/mol. The standard InChI is InChI=1S/C10H8ClN5O2/c11-8-3-6(10(12)13)1-2-9(8)15-5-7(4-14-15)16(17)18/h1-5H,(H3,12,13). The van der Waals surface area contributed by atoms with Gasteiger partial charge in [0.05, 0.1) is 15.6 Å². The molecule has 8 heteroatoms. The van der Waals surface area contributed by atoms with Crippen molar-refractivity contribution in [2.75, 3.05) is 0 Å². The number of benzene rings is 1. The fraction of sp³-hybridized carbons (Fsp3) is 0. The van der Waals surface area contributed by atoms with Crippen molar-refractivity contribution in [1.29, 1.82) is 5.41 Å². The molecule has 0 aliphatic carbocycles. The van der Waals surface area contributed by atoms with Crippen molar-refractivity contribution < 1.29 is 4.92 Å². The van der Waals surface area contributed by atoms with Gasteiger partial charge < -0.3 is 5.73 Å². The molecule has 0 bridgehead atoms. The summed E-state index contributed by atoms with van der Waals surface area (Å²) in [6, 6.07) is 4.69. The highest BCUT2D eigenvalue weighted by molar-refractivity contribution is 6.32. The molecule has 92 valence electrons. The van der Waals surface area contributed by atoms with Gasteiger partial charge in [0.1, 0.15) is 18.2 Å². The molecule has 18 heavy (non-hydrogen) atoms. The van der Waals surface area contributed by atoms with Crippen molar-refractivity contribution in [2.24, 2.45) is 5.73 Å². The maximum atomic E-state index is 10.5. The van der Waals surface area contributed by atoms with Crippen LogP contribution in [0.3, 0.4) is 0 Å². The van der Waals surface area contributed by atoms with Crippen LogP contribution in [0.4, 0.5) is 5.69 Å². The van der Waals surface area contributed by atoms with Crippen LogP contribution >= 0.6 is 11.6 Å². The van der Waals surface area contributed by atoms with Gasteiger partial charge in [0, 0.05) is 5.56 Å². The second-order valence-electron chi connectivity index (χ2n) is 3.48. The Morgan fingerprint density at radius 2 is 2.28 bits per heavy atom. The van der Waals surface area contributed by atoms with E-state index < -0.39 is 4.92 Å². The summed E-state index contributed by atoms with van der Waals surface area (Å²) in [5, 5.41) is 22.0. The summed E-state index contributed by atoms with van der Waals surface area (Å²) >= 11 is 6.01. The molecule has 3 N–H and O–H groups in total. The van der Waals surface area contributed by atoms with Gasteiger partial charge in [0.2, 0.25) is 0 Å². The minimum atomic E-state index is -0.540. The van der Waals surface area contributed by atoms with Crippen LogP contribution in [0.15, 0.2) is 30.6 Å². The molecule has 0 aliphatic heterocycles. The zero-order valence-corrected chi connectivity index (χ0v) is 9.76. The van der Waals surface area contributed by atoms with Gasteiger partial charge in [-0.2, -0.15) is 5.10 Å². The minimum Gasteiger partial charge on any atom is -0.384 e. The van der Waals surface area contributed by atoms with E-state index in [1.165, 1.54) is 16.9 Å². The molecule has 0 radical (unpaired) electrons. The summed E-state index contributed by atoms with van der Waals surface area (Å²) in [4.78, 5) is 10.0. The van der Waals surface area contributed by atoms with Crippen LogP contribution in [0.1, 0.15) is 5.56 Å². The summed E-state index contributed by atoms with van der Waals surface area (Å²) in [6.07, 6.45) is 2.39. The summed E-state index contributed by atoms with van der Waals surface area (Å²) in [7, 11) is 0. The number of hydrogen-bond acceptors (Lipinski definition) is 4. The number of rotatable bonds is 3. The zero-order valence-electron chi connectivity index (χ0n) is 9.00. The Hall–Kier alpha value is -2.41. The molecule has 0 saturated heterocycles. The van der Waals surface area contributed by atoms with Crippen molar-refractivity contribution >= 4 is 23.1 Å². The van der Waals surface area contributed by atoms with E-state index in [0.717, 1.165) is 6.20 Å². The van der Waals surface area contributed by atoms with Gasteiger partial charge >= 0.3 is 5.69 Å². The molecular weight excluding hydrogens is 258 g/mol. The Balaban J connectivity index is 2.44. The van der Waals surface area contributed by atoms with Crippen LogP contribution in [0, 0.1) is 15.5 Å². The van der Waals surface area contributed by atoms with E-state index in [2.05, 4.69) is 5.10 Å². The third-order valence-corrected chi connectivity index (χ3v) is 2.59. The first-order valence-corrected chi connectivity index (χ1v) is 5.20. The van der Waals surface area contributed by atoms with E-state index in [4.69, 9.17) is 22.7 Å². The average Bonchev–Trinajstić information content (AvgIpc) is 2.78. The predicted molar refractivity (Wildman–Crippen MR) is 66.2 cm³/mol. The van der Waals surface area contributed by atoms with Gasteiger partial charge in [-0.1, -0.05) is 11.6 Å². The Morgan fingerprint density at radius 3 is 2.78 bits per heavy atom. The number of nitrogen functional groups attached to an aromatic ring is 1. The maximum Gasteiger partial charge on any atom is 0.307 e. The SMILES string of the molecule is N=C(N)c1ccc(-n2cc([N+](=O)[O-])cn2)c(Cl)c1. The summed E-state index contributed by atoms with van der Waals surface area (Å²) in [5.74, 6) is -0.102. The number of aromatic nitrogens is 2. The lowest BCUT2D eigenvalue weighted by Crippen LogP contribution is -2.11. The molecule has 2 aromatic rings. The second kappa shape index (κ2) is 4.46. The highest BCUT2D eigenvalue weighted by Crippen LogP contribution is 2.23. The van der Waals surface area contributed by atoms with Crippen molar-refractivity contribution in [3.05, 3.63) is 51.3 Å². The lowest BCUT2D eigenvalue weighted by atomic mass is 10.2. The van der Waals surface area contributed by atoms with Crippen molar-refractivity contribution in [3.8, 4) is 5.69 Å². The topological polar surface area (TPSA) is 111 Å². The van der Waals surface area contributed by atoms with E-state index in [-0.39, 0.29) is 11.5 Å². The maximum absolute atomic E-state index is 10.5. The predicted octanol–water partition coefficient (Wildman–Crippen LogP) is 1.72. The van der Waals surface area contributed by atoms with Gasteiger partial charge in [-0.05, 0) is 18.2 Å². The monoisotopic (exact) mass is 265 g/mol. The third-order valence-electron chi connectivity index (χ3n) is 2.29. The molecule has 0 amide bonds. The quantitative estimate of drug-likeness (QED) is 0.381. The first-order valence-electron chi connectivity index (χ1n) is 4.82. The van der Waals surface area contributed by atoms with Crippen LogP contribution in [0.25, 0.3) is 5.69 Å². The molecule has 0 fully saturated rings. The number of nitrogens with two attached hydrogens (primary N) is 1. The Labute approximate surface area is 106 Å². The molecule has 1 aromatic carbocycles. The summed E-state index contributed by atoms with van der Waals surface area (Å²) in [5.41, 5.74) is 6.16. The first-order chi connectivity index (χ1) is 8.49. The van der Waals surface area contributed by atoms with E-state index in [1.54, 1.807) is 12.1 Å². The lowest BCUT2D eigenvalue weighted by molar-refractivity contribution is -0.384. The second-order valence-corrected chi connectivity index (χ2v) is 3.89. The molecule has 2 rings (SSSR count). The van der Waals surface area contributed by atoms with E-state index in [1.807, 2.05) is 0 Å².